The van der Waals surface area contributed by atoms with Gasteiger partial charge in [-0.2, -0.15) is 0 Å². The molecule has 0 amide bonds. The second kappa shape index (κ2) is 11.0. The Hall–Kier alpha value is -1.77. The lowest BCUT2D eigenvalue weighted by Gasteiger charge is -2.22. The third-order valence-electron chi connectivity index (χ3n) is 4.92. The Morgan fingerprint density at radius 2 is 1.84 bits per heavy atom. The zero-order chi connectivity index (χ0) is 17.9. The van der Waals surface area contributed by atoms with E-state index in [1.165, 1.54) is 62.5 Å². The molecule has 0 fully saturated rings. The summed E-state index contributed by atoms with van der Waals surface area (Å²) in [5.74, 6) is 1.39. The van der Waals surface area contributed by atoms with E-state index in [4.69, 9.17) is 9.47 Å². The van der Waals surface area contributed by atoms with Gasteiger partial charge in [-0.3, -0.25) is 0 Å². The molecular weight excluding hydrogens is 312 g/mol. The predicted octanol–water partition coefficient (Wildman–Crippen LogP) is 6.77. The summed E-state index contributed by atoms with van der Waals surface area (Å²) in [4.78, 5) is 11.3. The van der Waals surface area contributed by atoms with Gasteiger partial charge in [-0.1, -0.05) is 63.7 Å². The van der Waals surface area contributed by atoms with Crippen LogP contribution < -0.4 is 4.74 Å². The summed E-state index contributed by atoms with van der Waals surface area (Å²) in [7, 11) is 0. The van der Waals surface area contributed by atoms with Crippen LogP contribution >= 0.6 is 0 Å². The largest absolute Gasteiger partial charge is 0.513 e. The molecular formula is C22H32O3. The van der Waals surface area contributed by atoms with Crippen LogP contribution in [0.1, 0.15) is 77.2 Å². The van der Waals surface area contributed by atoms with Gasteiger partial charge in [0.15, 0.2) is 0 Å². The lowest BCUT2D eigenvalue weighted by atomic mass is 9.84. The zero-order valence-electron chi connectivity index (χ0n) is 15.8. The van der Waals surface area contributed by atoms with Crippen molar-refractivity contribution >= 4 is 11.7 Å². The van der Waals surface area contributed by atoms with Crippen LogP contribution in [0.5, 0.6) is 5.75 Å². The molecule has 0 aromatic heterocycles. The predicted molar refractivity (Wildman–Crippen MR) is 103 cm³/mol. The van der Waals surface area contributed by atoms with Crippen molar-refractivity contribution in [2.24, 2.45) is 5.92 Å². The second-order valence-corrected chi connectivity index (χ2v) is 6.88. The van der Waals surface area contributed by atoms with Gasteiger partial charge >= 0.3 is 6.16 Å². The topological polar surface area (TPSA) is 35.5 Å². The number of ether oxygens (including phenoxy) is 2. The van der Waals surface area contributed by atoms with Crippen molar-refractivity contribution in [3.8, 4) is 5.75 Å². The standard InChI is InChI=1S/C22H32O3/c1-3-5-6-7-8-9-18-10-12-19(13-11-18)20-14-16-21(17-15-20)25-22(23)24-4-2/h12,14-18H,3-11,13H2,1-2H3. The average molecular weight is 344 g/mol. The Morgan fingerprint density at radius 3 is 2.48 bits per heavy atom. The van der Waals surface area contributed by atoms with Gasteiger partial charge in [-0.15, -0.1) is 0 Å². The van der Waals surface area contributed by atoms with Crippen molar-refractivity contribution in [2.45, 2.75) is 71.6 Å². The van der Waals surface area contributed by atoms with E-state index in [9.17, 15) is 4.79 Å². The van der Waals surface area contributed by atoms with Gasteiger partial charge in [-0.25, -0.2) is 4.79 Å². The smallest absolute Gasteiger partial charge is 0.434 e. The van der Waals surface area contributed by atoms with E-state index in [-0.39, 0.29) is 0 Å². The van der Waals surface area contributed by atoms with Crippen molar-refractivity contribution < 1.29 is 14.3 Å². The lowest BCUT2D eigenvalue weighted by molar-refractivity contribution is 0.104. The number of unbranched alkanes of at least 4 members (excludes halogenated alkanes) is 4. The Kier molecular flexibility index (Phi) is 8.58. The molecule has 0 N–H and O–H groups in total. The molecule has 0 heterocycles. The number of carbonyl (C=O) groups excluding carboxylic acids is 1. The summed E-state index contributed by atoms with van der Waals surface area (Å²) in [6.45, 7) is 4.35. The van der Waals surface area contributed by atoms with E-state index in [2.05, 4.69) is 13.0 Å². The Balaban J connectivity index is 1.77. The third-order valence-corrected chi connectivity index (χ3v) is 4.92. The summed E-state index contributed by atoms with van der Waals surface area (Å²) >= 11 is 0. The zero-order valence-corrected chi connectivity index (χ0v) is 15.8. The van der Waals surface area contributed by atoms with Crippen molar-refractivity contribution in [1.29, 1.82) is 0 Å². The monoisotopic (exact) mass is 344 g/mol. The van der Waals surface area contributed by atoms with E-state index in [0.29, 0.717) is 12.4 Å². The Bertz CT molecular complexity index is 545. The number of carbonyl (C=O) groups is 1. The molecule has 1 aromatic rings. The highest BCUT2D eigenvalue weighted by atomic mass is 16.7. The van der Waals surface area contributed by atoms with Gasteiger partial charge in [0.25, 0.3) is 0 Å². The van der Waals surface area contributed by atoms with Crippen LogP contribution in [0.15, 0.2) is 30.3 Å². The van der Waals surface area contributed by atoms with E-state index in [1.807, 2.05) is 24.3 Å². The molecule has 0 spiro atoms. The first-order valence-corrected chi connectivity index (χ1v) is 9.87. The van der Waals surface area contributed by atoms with Gasteiger partial charge in [-0.05, 0) is 55.4 Å². The maximum absolute atomic E-state index is 11.3. The van der Waals surface area contributed by atoms with Crippen molar-refractivity contribution in [2.75, 3.05) is 6.61 Å². The number of allylic oxidation sites excluding steroid dienone is 2. The third kappa shape index (κ3) is 6.93. The molecule has 3 heteroatoms. The van der Waals surface area contributed by atoms with Crippen LogP contribution in [0.4, 0.5) is 4.79 Å². The second-order valence-electron chi connectivity index (χ2n) is 6.88. The van der Waals surface area contributed by atoms with Crippen LogP contribution in [0.2, 0.25) is 0 Å². The Morgan fingerprint density at radius 1 is 1.08 bits per heavy atom. The highest BCUT2D eigenvalue weighted by Crippen LogP contribution is 2.33. The molecule has 0 saturated heterocycles. The molecule has 0 bridgehead atoms. The van der Waals surface area contributed by atoms with E-state index in [1.54, 1.807) is 6.92 Å². The molecule has 1 unspecified atom stereocenters. The molecule has 25 heavy (non-hydrogen) atoms. The van der Waals surface area contributed by atoms with E-state index >= 15 is 0 Å². The van der Waals surface area contributed by atoms with Crippen LogP contribution in [0.25, 0.3) is 5.57 Å². The minimum Gasteiger partial charge on any atom is -0.434 e. The van der Waals surface area contributed by atoms with Gasteiger partial charge in [0, 0.05) is 0 Å². The van der Waals surface area contributed by atoms with Gasteiger partial charge in [0.05, 0.1) is 6.61 Å². The van der Waals surface area contributed by atoms with Crippen LogP contribution in [0.3, 0.4) is 0 Å². The van der Waals surface area contributed by atoms with Crippen molar-refractivity contribution in [1.82, 2.24) is 0 Å². The fourth-order valence-corrected chi connectivity index (χ4v) is 3.43. The first-order valence-electron chi connectivity index (χ1n) is 9.87. The normalized spacial score (nSPS) is 17.0. The summed E-state index contributed by atoms with van der Waals surface area (Å²) < 4.78 is 9.89. The molecule has 1 aliphatic rings. The minimum atomic E-state index is -0.645. The summed E-state index contributed by atoms with van der Waals surface area (Å²) in [5, 5.41) is 0. The van der Waals surface area contributed by atoms with Crippen LogP contribution in [-0.4, -0.2) is 12.8 Å². The fraction of sp³-hybridized carbons (Fsp3) is 0.591. The molecule has 2 rings (SSSR count). The Labute approximate surface area is 152 Å². The molecule has 138 valence electrons. The molecule has 1 aliphatic carbocycles. The lowest BCUT2D eigenvalue weighted by Crippen LogP contribution is -2.10. The number of benzene rings is 1. The van der Waals surface area contributed by atoms with Gasteiger partial charge in [0.1, 0.15) is 5.75 Å². The number of hydrogen-bond acceptors (Lipinski definition) is 3. The van der Waals surface area contributed by atoms with Gasteiger partial charge < -0.3 is 9.47 Å². The van der Waals surface area contributed by atoms with Crippen molar-refractivity contribution in [3.05, 3.63) is 35.9 Å². The number of hydrogen-bond donors (Lipinski definition) is 0. The SMILES string of the molecule is CCCCCCCC1CC=C(c2ccc(OC(=O)OCC)cc2)CC1. The highest BCUT2D eigenvalue weighted by Gasteiger charge is 2.15. The highest BCUT2D eigenvalue weighted by molar-refractivity contribution is 5.68. The quantitative estimate of drug-likeness (QED) is 0.282. The number of rotatable bonds is 9. The maximum Gasteiger partial charge on any atom is 0.513 e. The molecule has 0 saturated carbocycles. The minimum absolute atomic E-state index is 0.323. The van der Waals surface area contributed by atoms with Crippen LogP contribution in [0, 0.1) is 5.92 Å². The van der Waals surface area contributed by atoms with Crippen LogP contribution in [-0.2, 0) is 4.74 Å². The first-order chi connectivity index (χ1) is 12.2. The summed E-state index contributed by atoms with van der Waals surface area (Å²) in [5.41, 5.74) is 2.66. The summed E-state index contributed by atoms with van der Waals surface area (Å²) in [6.07, 6.45) is 13.6. The van der Waals surface area contributed by atoms with Gasteiger partial charge in [0.2, 0.25) is 0 Å². The molecule has 1 atom stereocenters. The molecule has 3 nitrogen and oxygen atoms in total. The average Bonchev–Trinajstić information content (AvgIpc) is 2.63. The fourth-order valence-electron chi connectivity index (χ4n) is 3.43. The molecule has 0 aliphatic heterocycles. The first kappa shape index (κ1) is 19.6. The molecule has 1 aromatic carbocycles. The maximum atomic E-state index is 11.3. The van der Waals surface area contributed by atoms with E-state index in [0.717, 1.165) is 12.3 Å². The van der Waals surface area contributed by atoms with E-state index < -0.39 is 6.16 Å². The molecule has 0 radical (unpaired) electrons. The van der Waals surface area contributed by atoms with Crippen molar-refractivity contribution in [3.63, 3.8) is 0 Å². The summed E-state index contributed by atoms with van der Waals surface area (Å²) in [6, 6.07) is 7.75.